The SMILES string of the molecule is O=C(NC1CCc2cc(F)cc(F)c2NC1=O)c1nc2n(n1)C(C(F)(F)F)CCC2. The number of carbonyl (C=O) groups is 2. The van der Waals surface area contributed by atoms with Crippen LogP contribution in [-0.2, 0) is 17.6 Å². The van der Waals surface area contributed by atoms with Gasteiger partial charge in [0.25, 0.3) is 5.91 Å². The van der Waals surface area contributed by atoms with Crippen LogP contribution in [0.15, 0.2) is 12.1 Å². The first kappa shape index (κ1) is 20.2. The number of fused-ring (bicyclic) bond motifs is 2. The standard InChI is InChI=1S/C18H16F5N5O2/c19-9-6-8-4-5-11(16(29)26-14(8)10(20)7-9)24-17(30)15-25-13-3-1-2-12(18(21,22)23)28(13)27-15/h6-7,11-12H,1-5H2,(H,24,30)(H,26,29). The van der Waals surface area contributed by atoms with Gasteiger partial charge in [-0.2, -0.15) is 13.2 Å². The topological polar surface area (TPSA) is 88.9 Å². The van der Waals surface area contributed by atoms with Crippen LogP contribution in [0.25, 0.3) is 0 Å². The highest BCUT2D eigenvalue weighted by atomic mass is 19.4. The predicted molar refractivity (Wildman–Crippen MR) is 92.6 cm³/mol. The average Bonchev–Trinajstić information content (AvgIpc) is 3.04. The van der Waals surface area contributed by atoms with Crippen molar-refractivity contribution in [1.82, 2.24) is 20.1 Å². The number of amides is 2. The molecule has 160 valence electrons. The fourth-order valence-electron chi connectivity index (χ4n) is 3.72. The lowest BCUT2D eigenvalue weighted by atomic mass is 10.1. The molecule has 0 saturated heterocycles. The van der Waals surface area contributed by atoms with Crippen LogP contribution in [0, 0.1) is 11.6 Å². The summed E-state index contributed by atoms with van der Waals surface area (Å²) >= 11 is 0. The van der Waals surface area contributed by atoms with Crippen molar-refractivity contribution in [1.29, 1.82) is 0 Å². The van der Waals surface area contributed by atoms with Crippen LogP contribution >= 0.6 is 0 Å². The van der Waals surface area contributed by atoms with Gasteiger partial charge in [-0.15, -0.1) is 5.10 Å². The van der Waals surface area contributed by atoms with E-state index in [1.807, 2.05) is 0 Å². The zero-order valence-corrected chi connectivity index (χ0v) is 15.4. The molecule has 0 spiro atoms. The largest absolute Gasteiger partial charge is 0.410 e. The molecular weight excluding hydrogens is 413 g/mol. The molecule has 2 amide bonds. The average molecular weight is 429 g/mol. The highest BCUT2D eigenvalue weighted by Gasteiger charge is 2.44. The van der Waals surface area contributed by atoms with E-state index in [1.54, 1.807) is 0 Å². The van der Waals surface area contributed by atoms with Crippen LogP contribution in [0.4, 0.5) is 27.6 Å². The van der Waals surface area contributed by atoms with Gasteiger partial charge in [0.05, 0.1) is 5.69 Å². The molecule has 2 aliphatic heterocycles. The highest BCUT2D eigenvalue weighted by Crippen LogP contribution is 2.37. The number of hydrogen-bond donors (Lipinski definition) is 2. The normalized spacial score (nSPS) is 21.3. The van der Waals surface area contributed by atoms with Crippen LogP contribution in [0.5, 0.6) is 0 Å². The minimum atomic E-state index is -4.52. The van der Waals surface area contributed by atoms with Gasteiger partial charge in [-0.1, -0.05) is 0 Å². The van der Waals surface area contributed by atoms with Gasteiger partial charge in [0.2, 0.25) is 11.7 Å². The predicted octanol–water partition coefficient (Wildman–Crippen LogP) is 2.68. The Kier molecular flexibility index (Phi) is 4.94. The van der Waals surface area contributed by atoms with Crippen LogP contribution in [0.2, 0.25) is 0 Å². The van der Waals surface area contributed by atoms with E-state index in [9.17, 15) is 31.5 Å². The van der Waals surface area contributed by atoms with Crippen molar-refractivity contribution in [2.45, 2.75) is 50.4 Å². The first-order valence-electron chi connectivity index (χ1n) is 9.25. The first-order chi connectivity index (χ1) is 14.1. The van der Waals surface area contributed by atoms with E-state index in [-0.39, 0.29) is 49.2 Å². The molecule has 0 saturated carbocycles. The summed E-state index contributed by atoms with van der Waals surface area (Å²) in [6.45, 7) is 0. The van der Waals surface area contributed by atoms with Gasteiger partial charge in [0.15, 0.2) is 0 Å². The molecule has 7 nitrogen and oxygen atoms in total. The second-order valence-corrected chi connectivity index (χ2v) is 7.22. The molecule has 2 atom stereocenters. The maximum absolute atomic E-state index is 13.9. The Morgan fingerprint density at radius 3 is 2.70 bits per heavy atom. The van der Waals surface area contributed by atoms with E-state index in [4.69, 9.17) is 0 Å². The van der Waals surface area contributed by atoms with Crippen molar-refractivity contribution in [3.05, 3.63) is 41.0 Å². The monoisotopic (exact) mass is 429 g/mol. The Morgan fingerprint density at radius 1 is 1.20 bits per heavy atom. The molecule has 12 heteroatoms. The van der Waals surface area contributed by atoms with Crippen molar-refractivity contribution in [3.8, 4) is 0 Å². The molecule has 2 unspecified atom stereocenters. The Bertz CT molecular complexity index is 1020. The summed E-state index contributed by atoms with van der Waals surface area (Å²) in [5.74, 6) is -3.82. The third kappa shape index (κ3) is 3.73. The number of nitrogens with one attached hydrogen (secondary N) is 2. The van der Waals surface area contributed by atoms with Crippen LogP contribution in [0.1, 0.15) is 47.3 Å². The minimum absolute atomic E-state index is 0.0339. The summed E-state index contributed by atoms with van der Waals surface area (Å²) in [4.78, 5) is 28.8. The van der Waals surface area contributed by atoms with E-state index in [1.165, 1.54) is 0 Å². The maximum atomic E-state index is 13.9. The number of anilines is 1. The molecule has 0 bridgehead atoms. The van der Waals surface area contributed by atoms with Gasteiger partial charge >= 0.3 is 6.18 Å². The van der Waals surface area contributed by atoms with Gasteiger partial charge in [0, 0.05) is 12.5 Å². The fourth-order valence-corrected chi connectivity index (χ4v) is 3.72. The smallest absolute Gasteiger partial charge is 0.337 e. The van der Waals surface area contributed by atoms with E-state index in [0.717, 1.165) is 6.07 Å². The van der Waals surface area contributed by atoms with Crippen molar-refractivity contribution < 1.29 is 31.5 Å². The lowest BCUT2D eigenvalue weighted by Crippen LogP contribution is -2.43. The van der Waals surface area contributed by atoms with Crippen LogP contribution < -0.4 is 10.6 Å². The third-order valence-electron chi connectivity index (χ3n) is 5.17. The second-order valence-electron chi connectivity index (χ2n) is 7.22. The summed E-state index contributed by atoms with van der Waals surface area (Å²) in [6, 6.07) is -1.25. The van der Waals surface area contributed by atoms with Gasteiger partial charge in [-0.25, -0.2) is 18.4 Å². The van der Waals surface area contributed by atoms with Crippen LogP contribution in [-0.4, -0.2) is 38.8 Å². The lowest BCUT2D eigenvalue weighted by molar-refractivity contribution is -0.174. The van der Waals surface area contributed by atoms with Crippen molar-refractivity contribution >= 4 is 17.5 Å². The van der Waals surface area contributed by atoms with Gasteiger partial charge in [-0.05, 0) is 37.3 Å². The number of rotatable bonds is 2. The molecule has 2 aliphatic rings. The quantitative estimate of drug-likeness (QED) is 0.719. The molecule has 4 rings (SSSR count). The minimum Gasteiger partial charge on any atom is -0.337 e. The molecule has 0 fully saturated rings. The maximum Gasteiger partial charge on any atom is 0.410 e. The number of benzene rings is 1. The summed E-state index contributed by atoms with van der Waals surface area (Å²) in [5, 5.41) is 8.39. The number of carbonyl (C=O) groups excluding carboxylic acids is 2. The molecule has 1 aromatic heterocycles. The number of hydrogen-bond acceptors (Lipinski definition) is 4. The number of nitrogens with zero attached hydrogens (tertiary/aromatic N) is 3. The Balaban J connectivity index is 1.52. The van der Waals surface area contributed by atoms with Gasteiger partial charge < -0.3 is 10.6 Å². The molecule has 0 radical (unpaired) electrons. The Hall–Kier alpha value is -3.05. The molecule has 2 aromatic rings. The van der Waals surface area contributed by atoms with Gasteiger partial charge in [0.1, 0.15) is 29.5 Å². The van der Waals surface area contributed by atoms with Crippen LogP contribution in [0.3, 0.4) is 0 Å². The Morgan fingerprint density at radius 2 is 1.97 bits per heavy atom. The summed E-state index contributed by atoms with van der Waals surface area (Å²) in [7, 11) is 0. The Labute approximate surface area is 166 Å². The highest BCUT2D eigenvalue weighted by molar-refractivity contribution is 6.00. The van der Waals surface area contributed by atoms with Crippen molar-refractivity contribution in [2.24, 2.45) is 0 Å². The van der Waals surface area contributed by atoms with Gasteiger partial charge in [-0.3, -0.25) is 9.59 Å². The zero-order chi connectivity index (χ0) is 21.6. The third-order valence-corrected chi connectivity index (χ3v) is 5.17. The molecule has 2 N–H and O–H groups in total. The summed E-state index contributed by atoms with van der Waals surface area (Å²) in [6.07, 6.45) is -4.05. The second kappa shape index (κ2) is 7.33. The molecular formula is C18H16F5N5O2. The number of aryl methyl sites for hydroxylation is 2. The zero-order valence-electron chi connectivity index (χ0n) is 15.4. The van der Waals surface area contributed by atoms with E-state index < -0.39 is 47.5 Å². The molecule has 1 aromatic carbocycles. The van der Waals surface area contributed by atoms with E-state index in [0.29, 0.717) is 10.7 Å². The van der Waals surface area contributed by atoms with Crippen molar-refractivity contribution in [3.63, 3.8) is 0 Å². The first-order valence-corrected chi connectivity index (χ1v) is 9.25. The summed E-state index contributed by atoms with van der Waals surface area (Å²) < 4.78 is 67.6. The fraction of sp³-hybridized carbons (Fsp3) is 0.444. The van der Waals surface area contributed by atoms with E-state index >= 15 is 0 Å². The summed E-state index contributed by atoms with van der Waals surface area (Å²) in [5.41, 5.74) is 0.0722. The number of aromatic nitrogens is 3. The van der Waals surface area contributed by atoms with Crippen molar-refractivity contribution in [2.75, 3.05) is 5.32 Å². The number of halogens is 5. The lowest BCUT2D eigenvalue weighted by Gasteiger charge is -2.25. The molecule has 3 heterocycles. The molecule has 0 aliphatic carbocycles. The van der Waals surface area contributed by atoms with E-state index in [2.05, 4.69) is 20.7 Å². The molecule has 30 heavy (non-hydrogen) atoms. The number of alkyl halides is 3.